The lowest BCUT2D eigenvalue weighted by molar-refractivity contribution is 0.414. The molecule has 0 unspecified atom stereocenters. The number of hydrogen-bond acceptors (Lipinski definition) is 3. The smallest absolute Gasteiger partial charge is 0.144 e. The van der Waals surface area contributed by atoms with Crippen molar-refractivity contribution in [2.45, 2.75) is 0 Å². The molecule has 0 aliphatic rings. The Hall–Kier alpha value is -3.01. The van der Waals surface area contributed by atoms with E-state index in [1.54, 1.807) is 14.2 Å². The van der Waals surface area contributed by atoms with Gasteiger partial charge in [-0.2, -0.15) is 0 Å². The van der Waals surface area contributed by atoms with Crippen LogP contribution in [0.3, 0.4) is 0 Å². The van der Waals surface area contributed by atoms with Gasteiger partial charge in [-0.25, -0.2) is 0 Å². The van der Waals surface area contributed by atoms with E-state index < -0.39 is 0 Å². The molecule has 0 saturated carbocycles. The number of rotatable bonds is 5. The minimum Gasteiger partial charge on any atom is -0.497 e. The van der Waals surface area contributed by atoms with Gasteiger partial charge in [-0.3, -0.25) is 4.99 Å². The number of para-hydroxylation sites is 2. The summed E-state index contributed by atoms with van der Waals surface area (Å²) in [6.07, 6.45) is 5.87. The molecule has 0 fully saturated rings. The molecule has 3 rings (SSSR count). The first-order chi connectivity index (χ1) is 11.3. The molecule has 0 saturated heterocycles. The van der Waals surface area contributed by atoms with Crippen molar-refractivity contribution in [2.24, 2.45) is 4.99 Å². The Morgan fingerprint density at radius 2 is 1.70 bits per heavy atom. The fourth-order valence-electron chi connectivity index (χ4n) is 2.28. The fourth-order valence-corrected chi connectivity index (χ4v) is 2.28. The van der Waals surface area contributed by atoms with Crippen LogP contribution in [0.1, 0.15) is 5.56 Å². The maximum absolute atomic E-state index is 5.30. The summed E-state index contributed by atoms with van der Waals surface area (Å²) in [6.45, 7) is 0. The molecule has 2 aromatic carbocycles. The van der Waals surface area contributed by atoms with Crippen LogP contribution in [0, 0.1) is 0 Å². The van der Waals surface area contributed by atoms with Gasteiger partial charge in [0.2, 0.25) is 0 Å². The van der Waals surface area contributed by atoms with E-state index in [1.165, 1.54) is 0 Å². The molecule has 4 heteroatoms. The van der Waals surface area contributed by atoms with E-state index in [-0.39, 0.29) is 0 Å². The van der Waals surface area contributed by atoms with Gasteiger partial charge in [0, 0.05) is 29.9 Å². The Morgan fingerprint density at radius 3 is 2.43 bits per heavy atom. The van der Waals surface area contributed by atoms with E-state index >= 15 is 0 Å². The summed E-state index contributed by atoms with van der Waals surface area (Å²) in [6, 6.07) is 17.6. The van der Waals surface area contributed by atoms with Crippen LogP contribution in [-0.2, 0) is 0 Å². The van der Waals surface area contributed by atoms with E-state index in [0.29, 0.717) is 0 Å². The number of nitrogens with zero attached hydrogens (tertiary/aromatic N) is 2. The third kappa shape index (κ3) is 3.43. The summed E-state index contributed by atoms with van der Waals surface area (Å²) in [7, 11) is 3.31. The summed E-state index contributed by atoms with van der Waals surface area (Å²) in [5, 5.41) is 0. The third-order valence-corrected chi connectivity index (χ3v) is 3.52. The number of aromatic nitrogens is 1. The van der Waals surface area contributed by atoms with Crippen LogP contribution in [0.15, 0.2) is 72.0 Å². The predicted molar refractivity (Wildman–Crippen MR) is 92.6 cm³/mol. The summed E-state index contributed by atoms with van der Waals surface area (Å²) < 4.78 is 12.5. The van der Waals surface area contributed by atoms with Crippen molar-refractivity contribution in [3.63, 3.8) is 0 Å². The van der Waals surface area contributed by atoms with Crippen LogP contribution in [0.25, 0.3) is 5.69 Å². The van der Waals surface area contributed by atoms with Gasteiger partial charge < -0.3 is 14.0 Å². The quantitative estimate of drug-likeness (QED) is 0.661. The first kappa shape index (κ1) is 14.9. The van der Waals surface area contributed by atoms with Crippen molar-refractivity contribution < 1.29 is 9.47 Å². The summed E-state index contributed by atoms with van der Waals surface area (Å²) in [5.74, 6) is 1.61. The first-order valence-corrected chi connectivity index (χ1v) is 7.29. The highest BCUT2D eigenvalue weighted by atomic mass is 16.5. The zero-order chi connectivity index (χ0) is 16.1. The Balaban J connectivity index is 1.80. The summed E-state index contributed by atoms with van der Waals surface area (Å²) in [4.78, 5) is 4.50. The standard InChI is InChI=1S/C19H18N2O2/c1-22-17-9-7-16(8-10-17)21-12-11-15(14-21)13-20-18-5-3-4-6-19(18)23-2/h3-14H,1-2H3. The topological polar surface area (TPSA) is 35.8 Å². The normalized spacial score (nSPS) is 10.9. The lowest BCUT2D eigenvalue weighted by Gasteiger charge is -2.04. The van der Waals surface area contributed by atoms with Gasteiger partial charge in [-0.15, -0.1) is 0 Å². The number of aliphatic imine (C=N–C) groups is 1. The molecular formula is C19H18N2O2. The molecular weight excluding hydrogens is 288 g/mol. The maximum atomic E-state index is 5.30. The van der Waals surface area contributed by atoms with Gasteiger partial charge in [0.1, 0.15) is 17.2 Å². The largest absolute Gasteiger partial charge is 0.497 e. The molecule has 0 atom stereocenters. The van der Waals surface area contributed by atoms with E-state index in [0.717, 1.165) is 28.4 Å². The average molecular weight is 306 g/mol. The van der Waals surface area contributed by atoms with Crippen LogP contribution in [0.5, 0.6) is 11.5 Å². The highest BCUT2D eigenvalue weighted by Crippen LogP contribution is 2.26. The van der Waals surface area contributed by atoms with Gasteiger partial charge in [0.25, 0.3) is 0 Å². The van der Waals surface area contributed by atoms with Crippen molar-refractivity contribution in [3.8, 4) is 17.2 Å². The molecule has 1 heterocycles. The molecule has 1 aromatic heterocycles. The molecule has 3 aromatic rings. The highest BCUT2D eigenvalue weighted by molar-refractivity contribution is 5.82. The van der Waals surface area contributed by atoms with Crippen LogP contribution in [0.4, 0.5) is 5.69 Å². The number of ether oxygens (including phenoxy) is 2. The van der Waals surface area contributed by atoms with E-state index in [2.05, 4.69) is 4.99 Å². The minimum atomic E-state index is 0.762. The van der Waals surface area contributed by atoms with E-state index in [4.69, 9.17) is 9.47 Å². The van der Waals surface area contributed by atoms with E-state index in [1.807, 2.05) is 77.8 Å². The van der Waals surface area contributed by atoms with Crippen molar-refractivity contribution in [3.05, 3.63) is 72.6 Å². The van der Waals surface area contributed by atoms with Crippen molar-refractivity contribution in [1.82, 2.24) is 4.57 Å². The van der Waals surface area contributed by atoms with Crippen LogP contribution in [0.2, 0.25) is 0 Å². The maximum Gasteiger partial charge on any atom is 0.144 e. The van der Waals surface area contributed by atoms with Gasteiger partial charge in [0.15, 0.2) is 0 Å². The highest BCUT2D eigenvalue weighted by Gasteiger charge is 2.00. The molecule has 0 radical (unpaired) electrons. The molecule has 0 N–H and O–H groups in total. The monoisotopic (exact) mass is 306 g/mol. The lowest BCUT2D eigenvalue weighted by Crippen LogP contribution is -1.90. The molecule has 116 valence electrons. The second kappa shape index (κ2) is 6.83. The van der Waals surface area contributed by atoms with Gasteiger partial charge in [0.05, 0.1) is 14.2 Å². The van der Waals surface area contributed by atoms with Crippen LogP contribution in [-0.4, -0.2) is 25.0 Å². The van der Waals surface area contributed by atoms with Crippen molar-refractivity contribution >= 4 is 11.9 Å². The Bertz CT molecular complexity index is 804. The van der Waals surface area contributed by atoms with Crippen molar-refractivity contribution in [1.29, 1.82) is 0 Å². The molecule has 0 spiro atoms. The average Bonchev–Trinajstić information content (AvgIpc) is 3.09. The second-order valence-corrected chi connectivity index (χ2v) is 4.98. The Labute approximate surface area is 135 Å². The Morgan fingerprint density at radius 1 is 0.913 bits per heavy atom. The lowest BCUT2D eigenvalue weighted by atomic mass is 10.3. The van der Waals surface area contributed by atoms with Crippen LogP contribution >= 0.6 is 0 Å². The predicted octanol–water partition coefficient (Wildman–Crippen LogP) is 4.25. The summed E-state index contributed by atoms with van der Waals surface area (Å²) in [5.41, 5.74) is 2.90. The second-order valence-electron chi connectivity index (χ2n) is 4.98. The molecule has 23 heavy (non-hydrogen) atoms. The fraction of sp³-hybridized carbons (Fsp3) is 0.105. The van der Waals surface area contributed by atoms with Gasteiger partial charge >= 0.3 is 0 Å². The van der Waals surface area contributed by atoms with Gasteiger partial charge in [-0.05, 0) is 42.5 Å². The van der Waals surface area contributed by atoms with Crippen molar-refractivity contribution in [2.75, 3.05) is 14.2 Å². The molecule has 4 nitrogen and oxygen atoms in total. The zero-order valence-electron chi connectivity index (χ0n) is 13.1. The molecule has 0 bridgehead atoms. The first-order valence-electron chi connectivity index (χ1n) is 7.29. The number of methoxy groups -OCH3 is 2. The molecule has 0 amide bonds. The zero-order valence-corrected chi connectivity index (χ0v) is 13.1. The third-order valence-electron chi connectivity index (χ3n) is 3.52. The summed E-state index contributed by atoms with van der Waals surface area (Å²) >= 11 is 0. The SMILES string of the molecule is COc1ccc(-n2ccc(C=Nc3ccccc3OC)c2)cc1. The minimum absolute atomic E-state index is 0.762. The number of benzene rings is 2. The Kier molecular flexibility index (Phi) is 4.43. The molecule has 0 aliphatic heterocycles. The van der Waals surface area contributed by atoms with Crippen LogP contribution < -0.4 is 9.47 Å². The molecule has 0 aliphatic carbocycles. The van der Waals surface area contributed by atoms with E-state index in [9.17, 15) is 0 Å². The van der Waals surface area contributed by atoms with Gasteiger partial charge in [-0.1, -0.05) is 12.1 Å². The number of hydrogen-bond donors (Lipinski definition) is 0.